The summed E-state index contributed by atoms with van der Waals surface area (Å²) in [6.45, 7) is 1.47. The van der Waals surface area contributed by atoms with E-state index in [-0.39, 0.29) is 19.0 Å². The molecule has 0 bridgehead atoms. The van der Waals surface area contributed by atoms with Crippen molar-refractivity contribution < 1.29 is 27.5 Å². The third kappa shape index (κ3) is 3.03. The highest BCUT2D eigenvalue weighted by molar-refractivity contribution is 6.22. The van der Waals surface area contributed by atoms with Gasteiger partial charge in [-0.2, -0.15) is 13.2 Å². The van der Waals surface area contributed by atoms with Gasteiger partial charge in [0, 0.05) is 19.9 Å². The predicted molar refractivity (Wildman–Crippen MR) is 85.5 cm³/mol. The number of halogens is 3. The smallest absolute Gasteiger partial charge is 0.383 e. The van der Waals surface area contributed by atoms with Crippen LogP contribution in [-0.2, 0) is 15.7 Å². The number of ether oxygens (including phenoxy) is 1. The minimum atomic E-state index is -4.59. The topological polar surface area (TPSA) is 74.8 Å². The molecule has 3 amide bonds. The number of anilines is 1. The van der Waals surface area contributed by atoms with Crippen molar-refractivity contribution in [3.8, 4) is 0 Å². The van der Waals surface area contributed by atoms with E-state index in [2.05, 4.69) is 10.3 Å². The number of nitrogens with zero attached hydrogens (tertiary/aromatic N) is 3. The van der Waals surface area contributed by atoms with Gasteiger partial charge in [0.2, 0.25) is 0 Å². The van der Waals surface area contributed by atoms with Crippen molar-refractivity contribution in [3.63, 3.8) is 0 Å². The number of hydrogen-bond acceptors (Lipinski definition) is 5. The van der Waals surface area contributed by atoms with Crippen LogP contribution in [0.3, 0.4) is 0 Å². The highest BCUT2D eigenvalue weighted by Gasteiger charge is 2.58. The lowest BCUT2D eigenvalue weighted by atomic mass is 9.86. The summed E-state index contributed by atoms with van der Waals surface area (Å²) in [6.07, 6.45) is -2.87. The van der Waals surface area contributed by atoms with Crippen LogP contribution in [0, 0.1) is 0 Å². The maximum atomic E-state index is 13.1. The third-order valence-electron chi connectivity index (χ3n) is 4.79. The van der Waals surface area contributed by atoms with E-state index in [1.807, 2.05) is 0 Å². The zero-order valence-corrected chi connectivity index (χ0v) is 14.2. The summed E-state index contributed by atoms with van der Waals surface area (Å²) in [6, 6.07) is 0.864. The Morgan fingerprint density at radius 3 is 2.62 bits per heavy atom. The van der Waals surface area contributed by atoms with Crippen molar-refractivity contribution in [1.82, 2.24) is 15.2 Å². The highest BCUT2D eigenvalue weighted by atomic mass is 19.4. The normalized spacial score (nSPS) is 20.3. The van der Waals surface area contributed by atoms with Crippen molar-refractivity contribution in [2.75, 3.05) is 38.3 Å². The summed E-state index contributed by atoms with van der Waals surface area (Å²) < 4.78 is 44.0. The number of carbonyl (C=O) groups excluding carboxylic acids is 2. The van der Waals surface area contributed by atoms with Crippen molar-refractivity contribution in [2.24, 2.45) is 0 Å². The first-order chi connectivity index (χ1) is 12.3. The van der Waals surface area contributed by atoms with Crippen LogP contribution in [0.1, 0.15) is 18.4 Å². The van der Waals surface area contributed by atoms with E-state index in [0.29, 0.717) is 25.9 Å². The fourth-order valence-corrected chi connectivity index (χ4v) is 3.45. The van der Waals surface area contributed by atoms with E-state index in [9.17, 15) is 22.8 Å². The molecule has 10 heteroatoms. The number of piperidine rings is 1. The second-order valence-corrected chi connectivity index (χ2v) is 6.25. The number of urea groups is 1. The molecule has 0 saturated carbocycles. The molecule has 1 spiro atoms. The number of pyridine rings is 1. The first-order valence-electron chi connectivity index (χ1n) is 8.20. The summed E-state index contributed by atoms with van der Waals surface area (Å²) in [4.78, 5) is 32.0. The zero-order chi connectivity index (χ0) is 18.9. The van der Waals surface area contributed by atoms with Gasteiger partial charge in [-0.15, -0.1) is 0 Å². The molecular formula is C16H19F3N4O3. The van der Waals surface area contributed by atoms with E-state index in [0.717, 1.165) is 23.2 Å². The van der Waals surface area contributed by atoms with Gasteiger partial charge in [-0.05, 0) is 38.1 Å². The monoisotopic (exact) mass is 372 g/mol. The Bertz CT molecular complexity index is 704. The largest absolute Gasteiger partial charge is 0.416 e. The van der Waals surface area contributed by atoms with Crippen LogP contribution in [-0.4, -0.2) is 60.7 Å². The van der Waals surface area contributed by atoms with E-state index in [1.165, 1.54) is 12.0 Å². The fraction of sp³-hybridized carbons (Fsp3) is 0.562. The number of aromatic nitrogens is 1. The average Bonchev–Trinajstić information content (AvgIpc) is 2.80. The SMILES string of the molecule is COCCN1C(=O)N(c2cc(C(F)(F)F)ccn2)C(=O)C12CCNCC2. The summed E-state index contributed by atoms with van der Waals surface area (Å²) in [7, 11) is 1.48. The molecule has 3 heterocycles. The Balaban J connectivity index is 2.00. The highest BCUT2D eigenvalue weighted by Crippen LogP contribution is 2.38. The van der Waals surface area contributed by atoms with Gasteiger partial charge in [0.25, 0.3) is 5.91 Å². The molecule has 2 aliphatic rings. The van der Waals surface area contributed by atoms with E-state index in [4.69, 9.17) is 4.74 Å². The van der Waals surface area contributed by atoms with E-state index >= 15 is 0 Å². The van der Waals surface area contributed by atoms with Crippen molar-refractivity contribution in [2.45, 2.75) is 24.6 Å². The van der Waals surface area contributed by atoms with Crippen LogP contribution in [0.25, 0.3) is 0 Å². The Morgan fingerprint density at radius 1 is 1.31 bits per heavy atom. The number of rotatable bonds is 4. The van der Waals surface area contributed by atoms with Crippen LogP contribution >= 0.6 is 0 Å². The van der Waals surface area contributed by atoms with Gasteiger partial charge in [-0.25, -0.2) is 14.7 Å². The van der Waals surface area contributed by atoms with Gasteiger partial charge >= 0.3 is 12.2 Å². The molecular weight excluding hydrogens is 353 g/mol. The van der Waals surface area contributed by atoms with Gasteiger partial charge in [0.15, 0.2) is 0 Å². The summed E-state index contributed by atoms with van der Waals surface area (Å²) in [5.41, 5.74) is -2.03. The molecule has 0 unspecified atom stereocenters. The molecule has 2 saturated heterocycles. The Morgan fingerprint density at radius 2 is 2.00 bits per heavy atom. The van der Waals surface area contributed by atoms with E-state index < -0.39 is 29.2 Å². The minimum Gasteiger partial charge on any atom is -0.383 e. The quantitative estimate of drug-likeness (QED) is 0.814. The molecule has 1 aromatic heterocycles. The Kier molecular flexibility index (Phi) is 4.89. The second-order valence-electron chi connectivity index (χ2n) is 6.25. The average molecular weight is 372 g/mol. The molecule has 3 rings (SSSR count). The number of alkyl halides is 3. The van der Waals surface area contributed by atoms with Gasteiger partial charge in [0.1, 0.15) is 11.4 Å². The minimum absolute atomic E-state index is 0.177. The number of amides is 3. The van der Waals surface area contributed by atoms with Gasteiger partial charge < -0.3 is 15.0 Å². The molecule has 0 aromatic carbocycles. The molecule has 0 aliphatic carbocycles. The lowest BCUT2D eigenvalue weighted by Gasteiger charge is -2.38. The molecule has 26 heavy (non-hydrogen) atoms. The molecule has 0 atom stereocenters. The number of methoxy groups -OCH3 is 1. The number of carbonyl (C=O) groups is 2. The van der Waals surface area contributed by atoms with Crippen LogP contribution in [0.2, 0.25) is 0 Å². The summed E-state index contributed by atoms with van der Waals surface area (Å²) in [5, 5.41) is 3.13. The fourth-order valence-electron chi connectivity index (χ4n) is 3.45. The molecule has 2 fully saturated rings. The van der Waals surface area contributed by atoms with Gasteiger partial charge in [0.05, 0.1) is 12.2 Å². The van der Waals surface area contributed by atoms with Crippen LogP contribution in [0.15, 0.2) is 18.3 Å². The van der Waals surface area contributed by atoms with E-state index in [1.54, 1.807) is 0 Å². The molecule has 1 N–H and O–H groups in total. The molecule has 1 aromatic rings. The van der Waals surface area contributed by atoms with Crippen molar-refractivity contribution in [1.29, 1.82) is 0 Å². The molecule has 2 aliphatic heterocycles. The van der Waals surface area contributed by atoms with Gasteiger partial charge in [-0.1, -0.05) is 0 Å². The number of hydrogen-bond donors (Lipinski definition) is 1. The van der Waals surface area contributed by atoms with Crippen LogP contribution < -0.4 is 10.2 Å². The maximum Gasteiger partial charge on any atom is 0.416 e. The molecule has 0 radical (unpaired) electrons. The zero-order valence-electron chi connectivity index (χ0n) is 14.2. The second kappa shape index (κ2) is 6.84. The molecule has 7 nitrogen and oxygen atoms in total. The number of imide groups is 1. The lowest BCUT2D eigenvalue weighted by molar-refractivity contribution is -0.137. The van der Waals surface area contributed by atoms with Crippen molar-refractivity contribution >= 4 is 17.8 Å². The van der Waals surface area contributed by atoms with Gasteiger partial charge in [-0.3, -0.25) is 4.79 Å². The Hall–Kier alpha value is -2.20. The summed E-state index contributed by atoms with van der Waals surface area (Å²) >= 11 is 0. The van der Waals surface area contributed by atoms with Crippen molar-refractivity contribution in [3.05, 3.63) is 23.9 Å². The van der Waals surface area contributed by atoms with Crippen LogP contribution in [0.5, 0.6) is 0 Å². The first-order valence-corrected chi connectivity index (χ1v) is 8.20. The lowest BCUT2D eigenvalue weighted by Crippen LogP contribution is -2.56. The van der Waals surface area contributed by atoms with Crippen LogP contribution in [0.4, 0.5) is 23.8 Å². The standard InChI is InChI=1S/C16H19F3N4O3/c1-26-9-8-22-14(25)23(13(24)15(22)3-6-20-7-4-15)12-10-11(2-5-21-12)16(17,18)19/h2,5,10,20H,3-4,6-9H2,1H3. The summed E-state index contributed by atoms with van der Waals surface area (Å²) in [5.74, 6) is -0.848. The third-order valence-corrected chi connectivity index (χ3v) is 4.79. The Labute approximate surface area is 148 Å². The first kappa shape index (κ1) is 18.6. The number of nitrogens with one attached hydrogen (secondary N) is 1. The predicted octanol–water partition coefficient (Wildman–Crippen LogP) is 1.64. The maximum absolute atomic E-state index is 13.1. The molecule has 142 valence electrons.